The van der Waals surface area contributed by atoms with Crippen LogP contribution >= 0.6 is 0 Å². The second-order valence-corrected chi connectivity index (χ2v) is 6.03. The van der Waals surface area contributed by atoms with E-state index in [4.69, 9.17) is 4.74 Å². The minimum atomic E-state index is 0.0253. The Labute approximate surface area is 138 Å². The molecule has 0 aliphatic rings. The van der Waals surface area contributed by atoms with Gasteiger partial charge in [-0.05, 0) is 37.6 Å². The molecule has 2 N–H and O–H groups in total. The van der Waals surface area contributed by atoms with E-state index >= 15 is 0 Å². The number of anilines is 1. The molecule has 0 aromatic heterocycles. The van der Waals surface area contributed by atoms with Gasteiger partial charge >= 0.3 is 0 Å². The number of aryl methyl sites for hydroxylation is 2. The number of likely N-dealkylation sites (N-methyl/N-ethyl adjacent to an activating group) is 1. The van der Waals surface area contributed by atoms with Crippen molar-refractivity contribution in [2.24, 2.45) is 0 Å². The van der Waals surface area contributed by atoms with Crippen LogP contribution in [0.25, 0.3) is 0 Å². The average Bonchev–Trinajstić information content (AvgIpc) is 2.50. The molecule has 0 spiro atoms. The van der Waals surface area contributed by atoms with Gasteiger partial charge in [-0.1, -0.05) is 29.8 Å². The smallest absolute Gasteiger partial charge is 0.279 e. The summed E-state index contributed by atoms with van der Waals surface area (Å²) in [5.74, 6) is 0.868. The fourth-order valence-electron chi connectivity index (χ4n) is 2.62. The van der Waals surface area contributed by atoms with E-state index in [1.54, 1.807) is 7.11 Å². The fraction of sp³-hybridized carbons (Fsp3) is 0.316. The summed E-state index contributed by atoms with van der Waals surface area (Å²) in [6.45, 7) is 5.25. The van der Waals surface area contributed by atoms with Crippen molar-refractivity contribution in [2.75, 3.05) is 26.0 Å². The van der Waals surface area contributed by atoms with Gasteiger partial charge in [0.1, 0.15) is 12.3 Å². The summed E-state index contributed by atoms with van der Waals surface area (Å²) >= 11 is 0. The van der Waals surface area contributed by atoms with Crippen LogP contribution in [0.5, 0.6) is 5.75 Å². The average molecular weight is 313 g/mol. The number of carbonyl (C=O) groups is 1. The van der Waals surface area contributed by atoms with E-state index in [2.05, 4.69) is 11.4 Å². The van der Waals surface area contributed by atoms with Crippen molar-refractivity contribution in [3.05, 3.63) is 59.2 Å². The molecule has 0 saturated carbocycles. The molecule has 2 aromatic carbocycles. The lowest BCUT2D eigenvalue weighted by Gasteiger charge is -2.15. The molecular weight excluding hydrogens is 288 g/mol. The normalized spacial score (nSPS) is 11.8. The Kier molecular flexibility index (Phi) is 5.77. The summed E-state index contributed by atoms with van der Waals surface area (Å²) in [6, 6.07) is 14.0. The molecule has 0 heterocycles. The summed E-state index contributed by atoms with van der Waals surface area (Å²) in [4.78, 5) is 13.3. The van der Waals surface area contributed by atoms with Gasteiger partial charge in [0.15, 0.2) is 6.54 Å². The maximum absolute atomic E-state index is 12.2. The molecular formula is C19H25N2O2+. The van der Waals surface area contributed by atoms with E-state index < -0.39 is 0 Å². The van der Waals surface area contributed by atoms with E-state index in [1.165, 1.54) is 5.56 Å². The molecule has 0 fully saturated rings. The number of methoxy groups -OCH3 is 1. The Bertz CT molecular complexity index is 683. The summed E-state index contributed by atoms with van der Waals surface area (Å²) < 4.78 is 5.23. The van der Waals surface area contributed by atoms with Crippen molar-refractivity contribution >= 4 is 11.6 Å². The minimum absolute atomic E-state index is 0.0253. The van der Waals surface area contributed by atoms with Crippen LogP contribution in [0, 0.1) is 13.8 Å². The van der Waals surface area contributed by atoms with Gasteiger partial charge in [0.2, 0.25) is 0 Å². The van der Waals surface area contributed by atoms with Crippen molar-refractivity contribution < 1.29 is 14.4 Å². The number of rotatable bonds is 6. The SMILES string of the molecule is COc1cccc(C[NH+](C)CC(=O)Nc2ccc(C)cc2C)c1. The first-order valence-corrected chi connectivity index (χ1v) is 7.79. The van der Waals surface area contributed by atoms with Gasteiger partial charge < -0.3 is 15.0 Å². The molecule has 4 nitrogen and oxygen atoms in total. The highest BCUT2D eigenvalue weighted by Gasteiger charge is 2.12. The third kappa shape index (κ3) is 5.11. The number of ether oxygens (including phenoxy) is 1. The lowest BCUT2D eigenvalue weighted by Crippen LogP contribution is -3.08. The van der Waals surface area contributed by atoms with Crippen LogP contribution in [-0.2, 0) is 11.3 Å². The summed E-state index contributed by atoms with van der Waals surface area (Å²) in [5.41, 5.74) is 4.32. The Balaban J connectivity index is 1.91. The Morgan fingerprint density at radius 2 is 1.96 bits per heavy atom. The zero-order valence-corrected chi connectivity index (χ0v) is 14.3. The summed E-state index contributed by atoms with van der Waals surface area (Å²) in [5, 5.41) is 2.99. The highest BCUT2D eigenvalue weighted by atomic mass is 16.5. The maximum atomic E-state index is 12.2. The summed E-state index contributed by atoms with van der Waals surface area (Å²) in [7, 11) is 3.67. The third-order valence-electron chi connectivity index (χ3n) is 3.76. The minimum Gasteiger partial charge on any atom is -0.497 e. The van der Waals surface area contributed by atoms with Gasteiger partial charge in [0, 0.05) is 11.3 Å². The quantitative estimate of drug-likeness (QED) is 0.856. The van der Waals surface area contributed by atoms with Gasteiger partial charge in [-0.15, -0.1) is 0 Å². The number of hydrogen-bond donors (Lipinski definition) is 2. The van der Waals surface area contributed by atoms with E-state index in [0.717, 1.165) is 34.0 Å². The van der Waals surface area contributed by atoms with Gasteiger partial charge in [-0.25, -0.2) is 0 Å². The van der Waals surface area contributed by atoms with Crippen LogP contribution in [-0.4, -0.2) is 26.6 Å². The second-order valence-electron chi connectivity index (χ2n) is 6.03. The number of hydrogen-bond acceptors (Lipinski definition) is 2. The molecule has 2 rings (SSSR count). The van der Waals surface area contributed by atoms with Gasteiger partial charge in [-0.3, -0.25) is 4.79 Å². The largest absolute Gasteiger partial charge is 0.497 e. The Hall–Kier alpha value is -2.33. The molecule has 23 heavy (non-hydrogen) atoms. The highest BCUT2D eigenvalue weighted by molar-refractivity contribution is 5.92. The number of benzene rings is 2. The van der Waals surface area contributed by atoms with Crippen LogP contribution in [0.15, 0.2) is 42.5 Å². The molecule has 4 heteroatoms. The van der Waals surface area contributed by atoms with E-state index in [1.807, 2.05) is 57.3 Å². The number of carbonyl (C=O) groups excluding carboxylic acids is 1. The lowest BCUT2D eigenvalue weighted by atomic mass is 10.1. The van der Waals surface area contributed by atoms with Crippen LogP contribution < -0.4 is 15.0 Å². The van der Waals surface area contributed by atoms with Crippen LogP contribution in [0.1, 0.15) is 16.7 Å². The standard InChI is InChI=1S/C19H24N2O2/c1-14-8-9-18(15(2)10-14)20-19(22)13-21(3)12-16-6-5-7-17(11-16)23-4/h5-11H,12-13H2,1-4H3,(H,20,22)/p+1. The van der Waals surface area contributed by atoms with Gasteiger partial charge in [-0.2, -0.15) is 0 Å². The molecule has 2 aromatic rings. The molecule has 1 atom stereocenters. The lowest BCUT2D eigenvalue weighted by molar-refractivity contribution is -0.885. The number of nitrogens with one attached hydrogen (secondary N) is 2. The van der Waals surface area contributed by atoms with Gasteiger partial charge in [0.25, 0.3) is 5.91 Å². The topological polar surface area (TPSA) is 42.8 Å². The van der Waals surface area contributed by atoms with Crippen LogP contribution in [0.4, 0.5) is 5.69 Å². The molecule has 122 valence electrons. The van der Waals surface area contributed by atoms with Crippen molar-refractivity contribution in [2.45, 2.75) is 20.4 Å². The van der Waals surface area contributed by atoms with Crippen LogP contribution in [0.2, 0.25) is 0 Å². The second kappa shape index (κ2) is 7.79. The molecule has 0 bridgehead atoms. The Morgan fingerprint density at radius 1 is 1.17 bits per heavy atom. The first kappa shape index (κ1) is 17.0. The molecule has 0 aliphatic heterocycles. The summed E-state index contributed by atoms with van der Waals surface area (Å²) in [6.07, 6.45) is 0. The zero-order valence-electron chi connectivity index (χ0n) is 14.3. The monoisotopic (exact) mass is 313 g/mol. The van der Waals surface area contributed by atoms with Crippen molar-refractivity contribution in [3.63, 3.8) is 0 Å². The molecule has 0 aliphatic carbocycles. The zero-order chi connectivity index (χ0) is 16.8. The van der Waals surface area contributed by atoms with E-state index in [-0.39, 0.29) is 5.91 Å². The third-order valence-corrected chi connectivity index (χ3v) is 3.76. The molecule has 1 amide bonds. The first-order valence-electron chi connectivity index (χ1n) is 7.79. The predicted octanol–water partition coefficient (Wildman–Crippen LogP) is 1.97. The van der Waals surface area contributed by atoms with Crippen molar-refractivity contribution in [1.29, 1.82) is 0 Å². The number of quaternary nitrogens is 1. The maximum Gasteiger partial charge on any atom is 0.279 e. The van der Waals surface area contributed by atoms with E-state index in [0.29, 0.717) is 6.54 Å². The molecule has 0 radical (unpaired) electrons. The van der Waals surface area contributed by atoms with Gasteiger partial charge in [0.05, 0.1) is 14.2 Å². The molecule has 1 unspecified atom stereocenters. The fourth-order valence-corrected chi connectivity index (χ4v) is 2.62. The first-order chi connectivity index (χ1) is 11.0. The van der Waals surface area contributed by atoms with Crippen molar-refractivity contribution in [1.82, 2.24) is 0 Å². The molecule has 0 saturated heterocycles. The predicted molar refractivity (Wildman–Crippen MR) is 93.0 cm³/mol. The van der Waals surface area contributed by atoms with Crippen LogP contribution in [0.3, 0.4) is 0 Å². The Morgan fingerprint density at radius 3 is 2.65 bits per heavy atom. The highest BCUT2D eigenvalue weighted by Crippen LogP contribution is 2.15. The van der Waals surface area contributed by atoms with Crippen molar-refractivity contribution in [3.8, 4) is 5.75 Å². The van der Waals surface area contributed by atoms with E-state index in [9.17, 15) is 4.79 Å². The number of amides is 1.